The number of benzene rings is 2. The Kier molecular flexibility index (Phi) is 10.3. The number of anilines is 1. The molecule has 1 aromatic heterocycles. The van der Waals surface area contributed by atoms with Crippen LogP contribution in [0.1, 0.15) is 47.8 Å². The molecule has 0 unspecified atom stereocenters. The number of nitrogens with zero attached hydrogens (tertiary/aromatic N) is 1. The zero-order chi connectivity index (χ0) is 30.3. The van der Waals surface area contributed by atoms with Gasteiger partial charge in [0.1, 0.15) is 11.6 Å². The van der Waals surface area contributed by atoms with E-state index in [1.807, 2.05) is 18.7 Å². The molecule has 41 heavy (non-hydrogen) atoms. The zero-order valence-electron chi connectivity index (χ0n) is 23.0. The number of hydrogen-bond donors (Lipinski definition) is 3. The number of pyridine rings is 1. The summed E-state index contributed by atoms with van der Waals surface area (Å²) >= 11 is 0. The van der Waals surface area contributed by atoms with Gasteiger partial charge in [-0.2, -0.15) is 13.2 Å². The van der Waals surface area contributed by atoms with Crippen LogP contribution < -0.4 is 21.3 Å². The van der Waals surface area contributed by atoms with Crippen molar-refractivity contribution in [3.05, 3.63) is 81.0 Å². The molecule has 0 saturated carbocycles. The fourth-order valence-corrected chi connectivity index (χ4v) is 4.43. The molecule has 4 N–H and O–H groups in total. The van der Waals surface area contributed by atoms with Crippen LogP contribution in [-0.2, 0) is 23.8 Å². The molecule has 8 nitrogen and oxygen atoms in total. The quantitative estimate of drug-likeness (QED) is 0.269. The Morgan fingerprint density at radius 1 is 1.07 bits per heavy atom. The summed E-state index contributed by atoms with van der Waals surface area (Å²) in [4.78, 5) is 41.3. The van der Waals surface area contributed by atoms with E-state index in [9.17, 15) is 27.6 Å². The molecule has 0 aliphatic heterocycles. The van der Waals surface area contributed by atoms with E-state index in [4.69, 9.17) is 10.5 Å². The molecule has 3 aromatic rings. The van der Waals surface area contributed by atoms with E-state index in [1.54, 1.807) is 6.92 Å². The molecule has 0 aliphatic rings. The smallest absolute Gasteiger partial charge is 0.416 e. The molecule has 0 saturated heterocycles. The minimum absolute atomic E-state index is 0.0135. The standard InChI is InChI=1S/C29H32F4N4O4/c1-4-37(5-2)10-9-20-21(28(34)40)13-19(29(31,32)33)14-24(20)36-27(39)12-18-8-7-17(11-23(18)30)22-16-35-26(38)15-25(22)41-6-3/h7-8,11,13-16H,4-6,9-10,12H2,1-3H3,(H2,34,40)(H,35,38)(H,36,39). The number of primary amides is 1. The van der Waals surface area contributed by atoms with Crippen molar-refractivity contribution in [1.29, 1.82) is 0 Å². The number of rotatable bonds is 12. The number of alkyl halides is 3. The first-order valence-electron chi connectivity index (χ1n) is 13.1. The Hall–Kier alpha value is -4.19. The maximum absolute atomic E-state index is 15.1. The van der Waals surface area contributed by atoms with Crippen LogP contribution in [0, 0.1) is 5.82 Å². The van der Waals surface area contributed by atoms with E-state index in [2.05, 4.69) is 10.3 Å². The van der Waals surface area contributed by atoms with Gasteiger partial charge in [-0.3, -0.25) is 14.4 Å². The molecule has 0 aliphatic carbocycles. The second-order valence-electron chi connectivity index (χ2n) is 9.23. The van der Waals surface area contributed by atoms with E-state index in [-0.39, 0.29) is 41.2 Å². The number of nitrogens with two attached hydrogens (primary N) is 1. The Morgan fingerprint density at radius 2 is 1.78 bits per heavy atom. The van der Waals surface area contributed by atoms with Crippen molar-refractivity contribution >= 4 is 17.5 Å². The topological polar surface area (TPSA) is 118 Å². The highest BCUT2D eigenvalue weighted by atomic mass is 19.4. The van der Waals surface area contributed by atoms with Crippen molar-refractivity contribution in [2.45, 2.75) is 39.8 Å². The number of ether oxygens (including phenoxy) is 1. The molecule has 1 heterocycles. The minimum Gasteiger partial charge on any atom is -0.493 e. The summed E-state index contributed by atoms with van der Waals surface area (Å²) in [7, 11) is 0. The number of carbonyl (C=O) groups is 2. The molecular weight excluding hydrogens is 544 g/mol. The first-order valence-corrected chi connectivity index (χ1v) is 13.1. The van der Waals surface area contributed by atoms with Gasteiger partial charge in [0, 0.05) is 35.6 Å². The molecule has 0 bridgehead atoms. The molecular formula is C29H32F4N4O4. The Bertz CT molecular complexity index is 1470. The number of halogens is 4. The largest absolute Gasteiger partial charge is 0.493 e. The summed E-state index contributed by atoms with van der Waals surface area (Å²) in [6, 6.07) is 6.75. The van der Waals surface area contributed by atoms with Crippen LogP contribution >= 0.6 is 0 Å². The summed E-state index contributed by atoms with van der Waals surface area (Å²) in [6.07, 6.45) is -3.75. The van der Waals surface area contributed by atoms with Crippen LogP contribution in [0.25, 0.3) is 11.1 Å². The summed E-state index contributed by atoms with van der Waals surface area (Å²) in [5, 5.41) is 2.44. The predicted octanol–water partition coefficient (Wildman–Crippen LogP) is 4.76. The molecule has 2 aromatic carbocycles. The first kappa shape index (κ1) is 31.3. The second-order valence-corrected chi connectivity index (χ2v) is 9.23. The lowest BCUT2D eigenvalue weighted by atomic mass is 9.97. The third-order valence-electron chi connectivity index (χ3n) is 6.59. The van der Waals surface area contributed by atoms with E-state index < -0.39 is 41.4 Å². The van der Waals surface area contributed by atoms with Crippen LogP contribution in [0.2, 0.25) is 0 Å². The molecule has 2 amide bonds. The van der Waals surface area contributed by atoms with Gasteiger partial charge >= 0.3 is 6.18 Å². The van der Waals surface area contributed by atoms with Crippen LogP contribution in [0.3, 0.4) is 0 Å². The van der Waals surface area contributed by atoms with Gasteiger partial charge in [0.2, 0.25) is 11.8 Å². The Balaban J connectivity index is 1.93. The number of likely N-dealkylation sites (N-methyl/N-ethyl adjacent to an activating group) is 1. The van der Waals surface area contributed by atoms with E-state index in [0.717, 1.165) is 6.07 Å². The molecule has 12 heteroatoms. The maximum atomic E-state index is 15.1. The number of carbonyl (C=O) groups excluding carboxylic acids is 2. The summed E-state index contributed by atoms with van der Waals surface area (Å²) in [5.74, 6) is -2.32. The third kappa shape index (κ3) is 7.94. The maximum Gasteiger partial charge on any atom is 0.416 e. The molecule has 220 valence electrons. The lowest BCUT2D eigenvalue weighted by Crippen LogP contribution is -2.27. The molecule has 0 spiro atoms. The number of aromatic amines is 1. The number of nitrogens with one attached hydrogen (secondary N) is 2. The van der Waals surface area contributed by atoms with Gasteiger partial charge < -0.3 is 25.7 Å². The predicted molar refractivity (Wildman–Crippen MR) is 147 cm³/mol. The third-order valence-corrected chi connectivity index (χ3v) is 6.59. The highest BCUT2D eigenvalue weighted by Crippen LogP contribution is 2.35. The van der Waals surface area contributed by atoms with Gasteiger partial charge in [0.05, 0.1) is 18.6 Å². The number of amides is 2. The van der Waals surface area contributed by atoms with Crippen molar-refractivity contribution in [3.63, 3.8) is 0 Å². The molecule has 0 atom stereocenters. The highest BCUT2D eigenvalue weighted by Gasteiger charge is 2.33. The average Bonchev–Trinajstić information content (AvgIpc) is 2.90. The van der Waals surface area contributed by atoms with Crippen LogP contribution in [-0.4, -0.2) is 47.9 Å². The van der Waals surface area contributed by atoms with Gasteiger partial charge in [0.25, 0.3) is 5.56 Å². The normalized spacial score (nSPS) is 11.5. The molecule has 0 radical (unpaired) electrons. The summed E-state index contributed by atoms with van der Waals surface area (Å²) in [5.41, 5.74) is 4.31. The zero-order valence-corrected chi connectivity index (χ0v) is 23.0. The summed E-state index contributed by atoms with van der Waals surface area (Å²) < 4.78 is 61.4. The van der Waals surface area contributed by atoms with Gasteiger partial charge in [-0.1, -0.05) is 26.0 Å². The van der Waals surface area contributed by atoms with Gasteiger partial charge in [-0.05, 0) is 61.3 Å². The van der Waals surface area contributed by atoms with Crippen molar-refractivity contribution in [2.75, 3.05) is 31.6 Å². The van der Waals surface area contributed by atoms with Crippen LogP contribution in [0.15, 0.2) is 47.4 Å². The Labute approximate surface area is 234 Å². The van der Waals surface area contributed by atoms with Crippen molar-refractivity contribution < 1.29 is 31.9 Å². The number of H-pyrrole nitrogens is 1. The van der Waals surface area contributed by atoms with Crippen molar-refractivity contribution in [2.24, 2.45) is 5.73 Å². The SMILES string of the molecule is CCOc1cc(=O)[nH]cc1-c1ccc(CC(=O)Nc2cc(C(F)(F)F)cc(C(N)=O)c2CCN(CC)CC)c(F)c1. The average molecular weight is 577 g/mol. The van der Waals surface area contributed by atoms with Crippen LogP contribution in [0.4, 0.5) is 23.2 Å². The van der Waals surface area contributed by atoms with Gasteiger partial charge in [-0.15, -0.1) is 0 Å². The van der Waals surface area contributed by atoms with Crippen molar-refractivity contribution in [1.82, 2.24) is 9.88 Å². The Morgan fingerprint density at radius 3 is 2.37 bits per heavy atom. The minimum atomic E-state index is -4.80. The highest BCUT2D eigenvalue weighted by molar-refractivity contribution is 5.99. The fraction of sp³-hybridized carbons (Fsp3) is 0.345. The van der Waals surface area contributed by atoms with Crippen LogP contribution in [0.5, 0.6) is 5.75 Å². The lowest BCUT2D eigenvalue weighted by molar-refractivity contribution is -0.137. The fourth-order valence-electron chi connectivity index (χ4n) is 4.43. The monoisotopic (exact) mass is 576 g/mol. The molecule has 0 fully saturated rings. The number of hydrogen-bond acceptors (Lipinski definition) is 5. The number of aromatic nitrogens is 1. The molecule has 3 rings (SSSR count). The van der Waals surface area contributed by atoms with E-state index >= 15 is 4.39 Å². The van der Waals surface area contributed by atoms with Gasteiger partial charge in [0.15, 0.2) is 0 Å². The van der Waals surface area contributed by atoms with E-state index in [0.29, 0.717) is 36.8 Å². The lowest BCUT2D eigenvalue weighted by Gasteiger charge is -2.22. The summed E-state index contributed by atoms with van der Waals surface area (Å²) in [6.45, 7) is 7.60. The first-order chi connectivity index (χ1) is 19.4. The van der Waals surface area contributed by atoms with Gasteiger partial charge in [-0.25, -0.2) is 4.39 Å². The van der Waals surface area contributed by atoms with E-state index in [1.165, 1.54) is 30.5 Å². The van der Waals surface area contributed by atoms with Crippen molar-refractivity contribution in [3.8, 4) is 16.9 Å². The second kappa shape index (κ2) is 13.4.